The van der Waals surface area contributed by atoms with Crippen molar-refractivity contribution in [3.63, 3.8) is 0 Å². The highest BCUT2D eigenvalue weighted by Crippen LogP contribution is 2.30. The number of nitrogens with zero attached hydrogens (tertiary/aromatic N) is 1. The molecule has 0 saturated carbocycles. The second-order valence-electron chi connectivity index (χ2n) is 7.39. The van der Waals surface area contributed by atoms with Gasteiger partial charge in [-0.15, -0.1) is 0 Å². The molecule has 5 nitrogen and oxygen atoms in total. The molecule has 0 spiro atoms. The average molecular weight is 356 g/mol. The van der Waals surface area contributed by atoms with Crippen LogP contribution in [0.4, 0.5) is 0 Å². The van der Waals surface area contributed by atoms with E-state index in [1.807, 2.05) is 18.2 Å². The minimum absolute atomic E-state index is 0.539. The van der Waals surface area contributed by atoms with Crippen LogP contribution < -0.4 is 14.8 Å². The number of furan rings is 1. The lowest BCUT2D eigenvalue weighted by Gasteiger charge is -2.33. The van der Waals surface area contributed by atoms with Crippen molar-refractivity contribution < 1.29 is 13.9 Å². The quantitative estimate of drug-likeness (QED) is 0.862. The number of fused-ring (bicyclic) bond motifs is 1. The second-order valence-corrected chi connectivity index (χ2v) is 7.39. The summed E-state index contributed by atoms with van der Waals surface area (Å²) in [5.74, 6) is 3.44. The average Bonchev–Trinajstić information content (AvgIpc) is 3.20. The minimum atomic E-state index is 0.539. The van der Waals surface area contributed by atoms with E-state index in [4.69, 9.17) is 13.9 Å². The van der Waals surface area contributed by atoms with Gasteiger partial charge >= 0.3 is 0 Å². The maximum atomic E-state index is 5.96. The fraction of sp³-hybridized carbons (Fsp3) is 0.524. The molecule has 2 aromatic rings. The van der Waals surface area contributed by atoms with Crippen LogP contribution in [-0.2, 0) is 13.0 Å². The van der Waals surface area contributed by atoms with Crippen LogP contribution in [0.25, 0.3) is 0 Å². The van der Waals surface area contributed by atoms with E-state index in [1.54, 1.807) is 13.4 Å². The van der Waals surface area contributed by atoms with Gasteiger partial charge in [0.2, 0.25) is 0 Å². The van der Waals surface area contributed by atoms with E-state index in [0.29, 0.717) is 12.0 Å². The first-order valence-electron chi connectivity index (χ1n) is 9.58. The largest absolute Gasteiger partial charge is 0.497 e. The molecule has 0 amide bonds. The summed E-state index contributed by atoms with van der Waals surface area (Å²) in [6.45, 7) is 4.99. The molecule has 4 rings (SSSR count). The fourth-order valence-corrected chi connectivity index (χ4v) is 3.92. The molecule has 1 aromatic carbocycles. The molecular weight excluding hydrogens is 328 g/mol. The summed E-state index contributed by atoms with van der Waals surface area (Å²) < 4.78 is 16.7. The Hall–Kier alpha value is -1.98. The van der Waals surface area contributed by atoms with Crippen molar-refractivity contribution in [3.8, 4) is 11.5 Å². The lowest BCUT2D eigenvalue weighted by molar-refractivity contribution is 0.167. The van der Waals surface area contributed by atoms with Gasteiger partial charge in [-0.05, 0) is 43.0 Å². The van der Waals surface area contributed by atoms with Crippen molar-refractivity contribution in [1.29, 1.82) is 0 Å². The molecule has 2 aliphatic heterocycles. The number of methoxy groups -OCH3 is 1. The van der Waals surface area contributed by atoms with Gasteiger partial charge in [-0.25, -0.2) is 0 Å². The summed E-state index contributed by atoms with van der Waals surface area (Å²) in [4.78, 5) is 2.48. The molecule has 26 heavy (non-hydrogen) atoms. The Morgan fingerprint density at radius 3 is 2.88 bits per heavy atom. The smallest absolute Gasteiger partial charge is 0.126 e. The van der Waals surface area contributed by atoms with Crippen LogP contribution in [0, 0.1) is 5.92 Å². The number of piperidine rings is 1. The molecule has 0 unspecified atom stereocenters. The van der Waals surface area contributed by atoms with Crippen molar-refractivity contribution in [2.75, 3.05) is 33.4 Å². The van der Waals surface area contributed by atoms with E-state index in [9.17, 15) is 0 Å². The normalized spacial score (nSPS) is 21.2. The molecule has 1 fully saturated rings. The summed E-state index contributed by atoms with van der Waals surface area (Å²) in [6, 6.07) is 10.8. The number of benzene rings is 1. The second kappa shape index (κ2) is 8.14. The molecule has 2 aliphatic rings. The van der Waals surface area contributed by atoms with Gasteiger partial charge in [-0.1, -0.05) is 6.07 Å². The third-order valence-corrected chi connectivity index (χ3v) is 5.50. The Morgan fingerprint density at radius 2 is 2.12 bits per heavy atom. The molecular formula is C21H28N2O3. The van der Waals surface area contributed by atoms with Crippen LogP contribution in [-0.4, -0.2) is 44.3 Å². The van der Waals surface area contributed by atoms with E-state index in [-0.39, 0.29) is 0 Å². The van der Waals surface area contributed by atoms with Crippen molar-refractivity contribution >= 4 is 0 Å². The van der Waals surface area contributed by atoms with Gasteiger partial charge < -0.3 is 19.2 Å². The molecule has 1 atom stereocenters. The van der Waals surface area contributed by atoms with E-state index in [2.05, 4.69) is 22.3 Å². The van der Waals surface area contributed by atoms with Gasteiger partial charge in [-0.3, -0.25) is 4.90 Å². The van der Waals surface area contributed by atoms with Gasteiger partial charge in [0.25, 0.3) is 0 Å². The predicted molar refractivity (Wildman–Crippen MR) is 101 cm³/mol. The Balaban J connectivity index is 1.20. The first-order valence-corrected chi connectivity index (χ1v) is 9.58. The zero-order valence-electron chi connectivity index (χ0n) is 15.4. The Bertz CT molecular complexity index is 693. The zero-order valence-corrected chi connectivity index (χ0v) is 15.4. The van der Waals surface area contributed by atoms with Gasteiger partial charge in [0.15, 0.2) is 0 Å². The fourth-order valence-electron chi connectivity index (χ4n) is 3.92. The van der Waals surface area contributed by atoms with Gasteiger partial charge in [0.1, 0.15) is 17.3 Å². The van der Waals surface area contributed by atoms with E-state index in [1.165, 1.54) is 18.4 Å². The van der Waals surface area contributed by atoms with Crippen LogP contribution in [0.3, 0.4) is 0 Å². The number of hydrogen-bond acceptors (Lipinski definition) is 5. The van der Waals surface area contributed by atoms with Crippen molar-refractivity contribution in [3.05, 3.63) is 47.9 Å². The Labute approximate surface area is 155 Å². The molecule has 0 bridgehead atoms. The lowest BCUT2D eigenvalue weighted by Crippen LogP contribution is -2.44. The predicted octanol–water partition coefficient (Wildman–Crippen LogP) is 3.09. The van der Waals surface area contributed by atoms with Crippen LogP contribution >= 0.6 is 0 Å². The third kappa shape index (κ3) is 4.22. The molecule has 0 radical (unpaired) electrons. The summed E-state index contributed by atoms with van der Waals surface area (Å²) in [6.07, 6.45) is 5.22. The molecule has 1 saturated heterocycles. The number of hydrogen-bond donors (Lipinski definition) is 1. The van der Waals surface area contributed by atoms with Crippen LogP contribution in [0.2, 0.25) is 0 Å². The maximum Gasteiger partial charge on any atom is 0.126 e. The monoisotopic (exact) mass is 356 g/mol. The Kier molecular flexibility index (Phi) is 5.46. The summed E-state index contributed by atoms with van der Waals surface area (Å²) in [5.41, 5.74) is 1.29. The number of nitrogens with one attached hydrogen (secondary N) is 1. The minimum Gasteiger partial charge on any atom is -0.497 e. The lowest BCUT2D eigenvalue weighted by atomic mass is 9.95. The highest BCUT2D eigenvalue weighted by Gasteiger charge is 2.23. The van der Waals surface area contributed by atoms with Crippen LogP contribution in [0.5, 0.6) is 11.5 Å². The van der Waals surface area contributed by atoms with Gasteiger partial charge in [-0.2, -0.15) is 0 Å². The standard InChI is InChI=1S/C21H28N2O3/c1-24-19-5-4-17-11-16(15-26-21(17)12-19)13-22-18-6-8-23(9-7-18)14-20-3-2-10-25-20/h2-5,10,12,16,18,22H,6-9,11,13-15H2,1H3/t16-/m1/s1. The maximum absolute atomic E-state index is 5.96. The summed E-state index contributed by atoms with van der Waals surface area (Å²) in [5, 5.41) is 3.77. The highest BCUT2D eigenvalue weighted by atomic mass is 16.5. The summed E-state index contributed by atoms with van der Waals surface area (Å²) >= 11 is 0. The first kappa shape index (κ1) is 17.4. The first-order chi connectivity index (χ1) is 12.8. The van der Waals surface area contributed by atoms with Gasteiger partial charge in [0.05, 0.1) is 26.5 Å². The highest BCUT2D eigenvalue weighted by molar-refractivity contribution is 5.42. The zero-order chi connectivity index (χ0) is 17.8. The van der Waals surface area contributed by atoms with Crippen molar-refractivity contribution in [2.24, 2.45) is 5.92 Å². The molecule has 5 heteroatoms. The number of likely N-dealkylation sites (tertiary alicyclic amines) is 1. The van der Waals surface area contributed by atoms with Crippen molar-refractivity contribution in [1.82, 2.24) is 10.2 Å². The van der Waals surface area contributed by atoms with E-state index < -0.39 is 0 Å². The van der Waals surface area contributed by atoms with Crippen molar-refractivity contribution in [2.45, 2.75) is 31.8 Å². The van der Waals surface area contributed by atoms with Crippen LogP contribution in [0.1, 0.15) is 24.2 Å². The molecule has 1 N–H and O–H groups in total. The van der Waals surface area contributed by atoms with Gasteiger partial charge in [0, 0.05) is 37.7 Å². The topological polar surface area (TPSA) is 46.9 Å². The molecule has 140 valence electrons. The molecule has 0 aliphatic carbocycles. The molecule has 1 aromatic heterocycles. The SMILES string of the molecule is COc1ccc2c(c1)OC[C@@H](CNC1CCN(Cc3ccco3)CC1)C2. The Morgan fingerprint density at radius 1 is 1.23 bits per heavy atom. The van der Waals surface area contributed by atoms with E-state index >= 15 is 0 Å². The third-order valence-electron chi connectivity index (χ3n) is 5.50. The van der Waals surface area contributed by atoms with E-state index in [0.717, 1.165) is 56.5 Å². The number of rotatable bonds is 6. The number of ether oxygens (including phenoxy) is 2. The van der Waals surface area contributed by atoms with Crippen LogP contribution in [0.15, 0.2) is 41.0 Å². The summed E-state index contributed by atoms with van der Waals surface area (Å²) in [7, 11) is 1.69. The molecule has 3 heterocycles.